The van der Waals surface area contributed by atoms with Crippen LogP contribution in [0.5, 0.6) is 0 Å². The van der Waals surface area contributed by atoms with E-state index in [9.17, 15) is 9.59 Å². The van der Waals surface area contributed by atoms with Crippen LogP contribution < -0.4 is 0 Å². The number of carbonyl (C=O) groups is 2. The fourth-order valence-corrected chi connectivity index (χ4v) is 1.73. The average Bonchev–Trinajstić information content (AvgIpc) is 2.43. The molecule has 0 bridgehead atoms. The molecule has 0 aromatic carbocycles. The Hall–Kier alpha value is -1.58. The van der Waals surface area contributed by atoms with Crippen LogP contribution in [0.4, 0.5) is 0 Å². The Balaban J connectivity index is 5.48. The lowest BCUT2D eigenvalue weighted by atomic mass is 9.81. The smallest absolute Gasteiger partial charge is 0.324 e. The molecule has 0 saturated carbocycles. The van der Waals surface area contributed by atoms with Crippen molar-refractivity contribution in [1.82, 2.24) is 0 Å². The molecule has 0 atom stereocenters. The second-order valence-electron chi connectivity index (χ2n) is 4.01. The monoisotopic (exact) mass is 286 g/mol. The number of hydrogen-bond donors (Lipinski definition) is 0. The van der Waals surface area contributed by atoms with Gasteiger partial charge in [-0.05, 0) is 13.8 Å². The molecule has 6 heteroatoms. The van der Waals surface area contributed by atoms with E-state index in [0.717, 1.165) is 0 Å². The summed E-state index contributed by atoms with van der Waals surface area (Å²) < 4.78 is 20.0. The van der Waals surface area contributed by atoms with Crippen LogP contribution in [0.3, 0.4) is 0 Å². The normalized spacial score (nSPS) is 11.0. The molecule has 0 amide bonds. The van der Waals surface area contributed by atoms with Crippen molar-refractivity contribution in [2.24, 2.45) is 5.41 Å². The fraction of sp³-hybridized carbons (Fsp3) is 0.714. The van der Waals surface area contributed by atoms with Gasteiger partial charge in [0.05, 0.1) is 13.2 Å². The molecule has 6 nitrogen and oxygen atoms in total. The summed E-state index contributed by atoms with van der Waals surface area (Å²) >= 11 is 0. The van der Waals surface area contributed by atoms with Gasteiger partial charge in [0.25, 0.3) is 0 Å². The molecule has 0 radical (unpaired) electrons. The topological polar surface area (TPSA) is 71.1 Å². The fourth-order valence-electron chi connectivity index (χ4n) is 1.73. The van der Waals surface area contributed by atoms with Gasteiger partial charge in [-0.15, -0.1) is 12.3 Å². The van der Waals surface area contributed by atoms with E-state index in [4.69, 9.17) is 25.4 Å². The number of rotatable bonds is 9. The molecule has 0 aliphatic heterocycles. The van der Waals surface area contributed by atoms with Gasteiger partial charge in [0.1, 0.15) is 0 Å². The summed E-state index contributed by atoms with van der Waals surface area (Å²) in [6.45, 7) is 3.56. The Bertz CT molecular complexity index is 335. The molecule has 0 fully saturated rings. The summed E-state index contributed by atoms with van der Waals surface area (Å²) in [6.07, 6.45) is 4.31. The summed E-state index contributed by atoms with van der Waals surface area (Å²) in [7, 11) is 2.82. The summed E-state index contributed by atoms with van der Waals surface area (Å²) in [5, 5.41) is 0. The number of ether oxygens (including phenoxy) is 4. The lowest BCUT2D eigenvalue weighted by molar-refractivity contribution is -0.184. The molecule has 0 heterocycles. The predicted octanol–water partition coefficient (Wildman–Crippen LogP) is 1.13. The van der Waals surface area contributed by atoms with E-state index in [2.05, 4.69) is 5.92 Å². The molecule has 114 valence electrons. The summed E-state index contributed by atoms with van der Waals surface area (Å²) in [5.74, 6) is 0.875. The van der Waals surface area contributed by atoms with Gasteiger partial charge in [0.15, 0.2) is 11.7 Å². The molecule has 0 saturated heterocycles. The SMILES string of the molecule is C#CCC(CC(OC)OC)(C(=O)OCC)C(=O)OCC. The molecular formula is C14H22O6. The minimum atomic E-state index is -1.61. The Kier molecular flexibility index (Phi) is 8.61. The van der Waals surface area contributed by atoms with Crippen molar-refractivity contribution >= 4 is 11.9 Å². The van der Waals surface area contributed by atoms with Crippen LogP contribution in [0.2, 0.25) is 0 Å². The largest absolute Gasteiger partial charge is 0.465 e. The second kappa shape index (κ2) is 9.34. The van der Waals surface area contributed by atoms with Crippen molar-refractivity contribution in [3.05, 3.63) is 0 Å². The van der Waals surface area contributed by atoms with E-state index in [1.165, 1.54) is 14.2 Å². The number of methoxy groups -OCH3 is 2. The van der Waals surface area contributed by atoms with Gasteiger partial charge in [0.2, 0.25) is 0 Å². The van der Waals surface area contributed by atoms with Crippen LogP contribution in [0, 0.1) is 17.8 Å². The zero-order valence-electron chi connectivity index (χ0n) is 12.4. The lowest BCUT2D eigenvalue weighted by Crippen LogP contribution is -2.45. The molecule has 0 aliphatic rings. The molecule has 0 aliphatic carbocycles. The van der Waals surface area contributed by atoms with E-state index in [-0.39, 0.29) is 26.1 Å². The molecular weight excluding hydrogens is 264 g/mol. The highest BCUT2D eigenvalue weighted by Crippen LogP contribution is 2.33. The third-order valence-electron chi connectivity index (χ3n) is 2.78. The molecule has 0 aromatic heterocycles. The summed E-state index contributed by atoms with van der Waals surface area (Å²) in [4.78, 5) is 24.4. The number of carbonyl (C=O) groups excluding carboxylic acids is 2. The van der Waals surface area contributed by atoms with Gasteiger partial charge in [0, 0.05) is 27.1 Å². The predicted molar refractivity (Wildman–Crippen MR) is 71.6 cm³/mol. The maximum atomic E-state index is 12.2. The Morgan fingerprint density at radius 2 is 1.55 bits per heavy atom. The van der Waals surface area contributed by atoms with Gasteiger partial charge in [-0.1, -0.05) is 0 Å². The van der Waals surface area contributed by atoms with Gasteiger partial charge in [-0.2, -0.15) is 0 Å². The second-order valence-corrected chi connectivity index (χ2v) is 4.01. The molecule has 20 heavy (non-hydrogen) atoms. The van der Waals surface area contributed by atoms with Crippen molar-refractivity contribution < 1.29 is 28.5 Å². The third-order valence-corrected chi connectivity index (χ3v) is 2.78. The van der Waals surface area contributed by atoms with Gasteiger partial charge in [-0.25, -0.2) is 0 Å². The van der Waals surface area contributed by atoms with Crippen LogP contribution in [0.15, 0.2) is 0 Å². The first-order valence-corrected chi connectivity index (χ1v) is 6.35. The summed E-state index contributed by atoms with van der Waals surface area (Å²) in [5.41, 5.74) is -1.61. The highest BCUT2D eigenvalue weighted by molar-refractivity contribution is 6.00. The van der Waals surface area contributed by atoms with Crippen molar-refractivity contribution in [1.29, 1.82) is 0 Å². The maximum absolute atomic E-state index is 12.2. The van der Waals surface area contributed by atoms with E-state index >= 15 is 0 Å². The molecule has 0 rings (SSSR count). The lowest BCUT2D eigenvalue weighted by Gasteiger charge is -2.29. The average molecular weight is 286 g/mol. The van der Waals surface area contributed by atoms with E-state index in [1.807, 2.05) is 0 Å². The van der Waals surface area contributed by atoms with Crippen molar-refractivity contribution in [2.75, 3.05) is 27.4 Å². The summed E-state index contributed by atoms with van der Waals surface area (Å²) in [6, 6.07) is 0. The first-order chi connectivity index (χ1) is 9.52. The third kappa shape index (κ3) is 4.51. The van der Waals surface area contributed by atoms with Gasteiger partial charge in [-0.3, -0.25) is 9.59 Å². The minimum Gasteiger partial charge on any atom is -0.465 e. The van der Waals surface area contributed by atoms with Crippen LogP contribution >= 0.6 is 0 Å². The molecule has 0 spiro atoms. The highest BCUT2D eigenvalue weighted by Gasteiger charge is 2.50. The van der Waals surface area contributed by atoms with E-state index in [0.29, 0.717) is 0 Å². The first kappa shape index (κ1) is 18.4. The molecule has 0 N–H and O–H groups in total. The van der Waals surface area contributed by atoms with E-state index in [1.54, 1.807) is 13.8 Å². The number of esters is 2. The van der Waals surface area contributed by atoms with Crippen molar-refractivity contribution in [2.45, 2.75) is 33.0 Å². The Labute approximate surface area is 119 Å². The number of hydrogen-bond acceptors (Lipinski definition) is 6. The molecule has 0 unspecified atom stereocenters. The zero-order valence-corrected chi connectivity index (χ0v) is 12.4. The Morgan fingerprint density at radius 1 is 1.10 bits per heavy atom. The maximum Gasteiger partial charge on any atom is 0.324 e. The van der Waals surface area contributed by atoms with Crippen LogP contribution in [-0.4, -0.2) is 45.7 Å². The molecule has 0 aromatic rings. The van der Waals surface area contributed by atoms with Crippen molar-refractivity contribution in [3.63, 3.8) is 0 Å². The minimum absolute atomic E-state index is 0.0676. The standard InChI is InChI=1S/C14H22O6/c1-6-9-14(12(15)19-7-2,13(16)20-8-3)10-11(17-4)18-5/h1,11H,7-10H2,2-5H3. The van der Waals surface area contributed by atoms with Crippen LogP contribution in [0.1, 0.15) is 26.7 Å². The van der Waals surface area contributed by atoms with Crippen LogP contribution in [-0.2, 0) is 28.5 Å². The van der Waals surface area contributed by atoms with E-state index < -0.39 is 23.6 Å². The zero-order chi connectivity index (χ0) is 15.6. The van der Waals surface area contributed by atoms with Gasteiger partial charge < -0.3 is 18.9 Å². The quantitative estimate of drug-likeness (QED) is 0.274. The first-order valence-electron chi connectivity index (χ1n) is 6.35. The van der Waals surface area contributed by atoms with Crippen molar-refractivity contribution in [3.8, 4) is 12.3 Å². The van der Waals surface area contributed by atoms with Gasteiger partial charge >= 0.3 is 11.9 Å². The Morgan fingerprint density at radius 3 is 1.85 bits per heavy atom. The highest BCUT2D eigenvalue weighted by atomic mass is 16.7. The van der Waals surface area contributed by atoms with Crippen LogP contribution in [0.25, 0.3) is 0 Å². The number of terminal acetylenes is 1.